The zero-order valence-electron chi connectivity index (χ0n) is 37.5. The lowest BCUT2D eigenvalue weighted by molar-refractivity contribution is -0.236. The number of carboxylic acids is 1. The van der Waals surface area contributed by atoms with Gasteiger partial charge in [-0.05, 0) is 148 Å². The van der Waals surface area contributed by atoms with Gasteiger partial charge in [-0.2, -0.15) is 0 Å². The van der Waals surface area contributed by atoms with Crippen molar-refractivity contribution in [3.8, 4) is 0 Å². The van der Waals surface area contributed by atoms with Crippen LogP contribution >= 0.6 is 0 Å². The van der Waals surface area contributed by atoms with E-state index < -0.39 is 22.8 Å². The molecule has 6 aliphatic rings. The zero-order valence-corrected chi connectivity index (χ0v) is 37.5. The summed E-state index contributed by atoms with van der Waals surface area (Å²) in [5.74, 6) is -0.132. The first-order valence-electron chi connectivity index (χ1n) is 22.6. The summed E-state index contributed by atoms with van der Waals surface area (Å²) in [6.07, 6.45) is 13.5. The van der Waals surface area contributed by atoms with Crippen molar-refractivity contribution >= 4 is 23.6 Å². The highest BCUT2D eigenvalue weighted by atomic mass is 16.5. The lowest BCUT2D eigenvalue weighted by atomic mass is 9.33. The fourth-order valence-corrected chi connectivity index (χ4v) is 14.9. The molecule has 0 bridgehead atoms. The van der Waals surface area contributed by atoms with Gasteiger partial charge in [0.1, 0.15) is 6.10 Å². The van der Waals surface area contributed by atoms with Crippen molar-refractivity contribution in [2.75, 3.05) is 13.1 Å². The number of rotatable bonds is 11. The molecule has 0 aliphatic heterocycles. The van der Waals surface area contributed by atoms with Crippen LogP contribution in [0.2, 0.25) is 0 Å². The Morgan fingerprint density at radius 1 is 0.879 bits per heavy atom. The number of aliphatic carboxylic acids is 1. The number of esters is 1. The zero-order chi connectivity index (χ0) is 42.4. The van der Waals surface area contributed by atoms with E-state index in [9.17, 15) is 24.3 Å². The number of aromatic nitrogens is 1. The minimum absolute atomic E-state index is 0.0735. The summed E-state index contributed by atoms with van der Waals surface area (Å²) in [5.41, 5.74) is 2.15. The summed E-state index contributed by atoms with van der Waals surface area (Å²) in [6, 6.07) is 3.46. The average molecular weight is 800 g/mol. The summed E-state index contributed by atoms with van der Waals surface area (Å²) < 4.78 is 6.44. The molecule has 9 nitrogen and oxygen atoms in total. The molecule has 7 rings (SSSR count). The SMILES string of the molecule is CC(C)C1=C2[C@H]3CC[C@@H]4[C@@]5(C)CC[C@H](OC(=O)[C@H]6C[C@@H](C(=O)O)C6(C)C)C(C)(C)[C@@H]5CC[C@@]4(C)[C@]3(C)CC[C@@]2(CCNCC(C)(C)NC(=O)c2ccncc2)CC1=O. The van der Waals surface area contributed by atoms with Gasteiger partial charge in [0.05, 0.1) is 11.8 Å². The molecular weight excluding hydrogens is 727 g/mol. The second-order valence-electron chi connectivity index (χ2n) is 22.8. The molecule has 0 saturated heterocycles. The molecule has 5 saturated carbocycles. The van der Waals surface area contributed by atoms with Crippen molar-refractivity contribution in [2.45, 2.75) is 158 Å². The molecule has 1 heterocycles. The average Bonchev–Trinajstić information content (AvgIpc) is 3.43. The van der Waals surface area contributed by atoms with Crippen molar-refractivity contribution in [3.05, 3.63) is 41.2 Å². The van der Waals surface area contributed by atoms with Crippen LogP contribution in [0, 0.1) is 68.0 Å². The van der Waals surface area contributed by atoms with E-state index in [4.69, 9.17) is 4.74 Å². The minimum Gasteiger partial charge on any atom is -0.481 e. The molecule has 0 radical (unpaired) electrons. The maximum Gasteiger partial charge on any atom is 0.309 e. The van der Waals surface area contributed by atoms with Crippen LogP contribution in [0.25, 0.3) is 0 Å². The molecular formula is C49H73N3O6. The molecule has 58 heavy (non-hydrogen) atoms. The monoisotopic (exact) mass is 800 g/mol. The van der Waals surface area contributed by atoms with Gasteiger partial charge >= 0.3 is 11.9 Å². The Morgan fingerprint density at radius 3 is 2.21 bits per heavy atom. The van der Waals surface area contributed by atoms with E-state index in [0.717, 1.165) is 69.9 Å². The van der Waals surface area contributed by atoms with Crippen molar-refractivity contribution in [1.29, 1.82) is 0 Å². The third kappa shape index (κ3) is 6.61. The van der Waals surface area contributed by atoms with E-state index >= 15 is 0 Å². The summed E-state index contributed by atoms with van der Waals surface area (Å²) in [5, 5.41) is 16.6. The molecule has 1 amide bonds. The Balaban J connectivity index is 1.07. The lowest BCUT2D eigenvalue weighted by Crippen LogP contribution is -2.66. The predicted molar refractivity (Wildman–Crippen MR) is 226 cm³/mol. The number of amides is 1. The maximum atomic E-state index is 14.1. The number of hydrogen-bond acceptors (Lipinski definition) is 7. The number of pyridine rings is 1. The molecule has 3 N–H and O–H groups in total. The second kappa shape index (κ2) is 14.5. The quantitative estimate of drug-likeness (QED) is 0.149. The highest BCUT2D eigenvalue weighted by Crippen LogP contribution is 2.77. The predicted octanol–water partition coefficient (Wildman–Crippen LogP) is 9.21. The smallest absolute Gasteiger partial charge is 0.309 e. The standard InChI is InChI=1S/C49H73N3O6/c1-29(2)38-34(53)27-49(22-25-51-28-43(3,4)52-40(54)30-16-23-50-24-17-30)21-20-47(10)31(39(38)49)12-13-36-46(9)18-15-37(45(7,8)35(46)14-19-48(36,47)11)58-42(57)33-26-32(41(55)56)44(33,5)6/h16-17,23-24,29,31-33,35-37,51H,12-15,18-22,25-28H2,1-11H3,(H,52,54)(H,55,56)/t31-,32+,33-,35+,36-,37+,46+,47-,48-,49-/m1/s1. The van der Waals surface area contributed by atoms with Crippen LogP contribution in [0.15, 0.2) is 35.7 Å². The number of carbonyl (C=O) groups excluding carboxylic acids is 3. The fraction of sp³-hybridized carbons (Fsp3) is 0.776. The number of allylic oxidation sites excluding steroid dienone is 2. The topological polar surface area (TPSA) is 135 Å². The lowest BCUT2D eigenvalue weighted by Gasteiger charge is -2.72. The van der Waals surface area contributed by atoms with E-state index in [2.05, 4.69) is 64.1 Å². The summed E-state index contributed by atoms with van der Waals surface area (Å²) >= 11 is 0. The van der Waals surface area contributed by atoms with E-state index in [0.29, 0.717) is 48.5 Å². The second-order valence-corrected chi connectivity index (χ2v) is 22.8. The van der Waals surface area contributed by atoms with Gasteiger partial charge in [-0.25, -0.2) is 0 Å². The molecule has 0 unspecified atom stereocenters. The molecule has 10 atom stereocenters. The molecule has 5 fully saturated rings. The van der Waals surface area contributed by atoms with Gasteiger partial charge in [0.25, 0.3) is 5.91 Å². The molecule has 6 aliphatic carbocycles. The first-order valence-corrected chi connectivity index (χ1v) is 22.6. The normalized spacial score (nSPS) is 38.8. The van der Waals surface area contributed by atoms with Crippen LogP contribution < -0.4 is 10.6 Å². The number of nitrogens with zero attached hydrogens (tertiary/aromatic N) is 1. The molecule has 0 aromatic carbocycles. The van der Waals surface area contributed by atoms with Crippen LogP contribution in [0.3, 0.4) is 0 Å². The Bertz CT molecular complexity index is 1850. The number of ketones is 1. The molecule has 1 aromatic heterocycles. The number of fused-ring (bicyclic) bond motifs is 7. The Labute approximate surface area is 348 Å². The number of ether oxygens (including phenoxy) is 1. The third-order valence-corrected chi connectivity index (χ3v) is 18.4. The number of Topliss-reactive ketones (excluding diaryl/α,β-unsaturated/α-hetero) is 1. The van der Waals surface area contributed by atoms with Gasteiger partial charge < -0.3 is 20.5 Å². The van der Waals surface area contributed by atoms with E-state index in [-0.39, 0.29) is 56.9 Å². The Kier molecular flexibility index (Phi) is 10.8. The summed E-state index contributed by atoms with van der Waals surface area (Å²) in [6.45, 7) is 26.2. The van der Waals surface area contributed by atoms with Gasteiger partial charge in [-0.1, -0.05) is 67.9 Å². The van der Waals surface area contributed by atoms with Crippen LogP contribution in [0.1, 0.15) is 157 Å². The van der Waals surface area contributed by atoms with Crippen LogP contribution in [-0.2, 0) is 19.1 Å². The summed E-state index contributed by atoms with van der Waals surface area (Å²) in [7, 11) is 0. The van der Waals surface area contributed by atoms with Gasteiger partial charge in [0.2, 0.25) is 0 Å². The number of carboxylic acid groups (broad SMARTS) is 1. The van der Waals surface area contributed by atoms with Gasteiger partial charge in [-0.15, -0.1) is 0 Å². The van der Waals surface area contributed by atoms with Crippen LogP contribution in [0.5, 0.6) is 0 Å². The van der Waals surface area contributed by atoms with Crippen LogP contribution in [-0.4, -0.2) is 58.5 Å². The van der Waals surface area contributed by atoms with Crippen LogP contribution in [0.4, 0.5) is 0 Å². The minimum atomic E-state index is -0.825. The van der Waals surface area contributed by atoms with Gasteiger partial charge in [0.15, 0.2) is 5.78 Å². The van der Waals surface area contributed by atoms with Crippen molar-refractivity contribution in [3.63, 3.8) is 0 Å². The van der Waals surface area contributed by atoms with Gasteiger partial charge in [-0.3, -0.25) is 24.2 Å². The molecule has 1 aromatic rings. The van der Waals surface area contributed by atoms with Gasteiger partial charge in [0, 0.05) is 47.3 Å². The molecule has 9 heteroatoms. The van der Waals surface area contributed by atoms with E-state index in [1.54, 1.807) is 24.5 Å². The number of carbonyl (C=O) groups is 4. The number of nitrogens with one attached hydrogen (secondary N) is 2. The Hall–Kier alpha value is -3.07. The number of hydrogen-bond donors (Lipinski definition) is 3. The Morgan fingerprint density at radius 2 is 1.57 bits per heavy atom. The highest BCUT2D eigenvalue weighted by molar-refractivity contribution is 6.00. The first-order chi connectivity index (χ1) is 27.0. The fourth-order valence-electron chi connectivity index (χ4n) is 14.9. The molecule has 320 valence electrons. The third-order valence-electron chi connectivity index (χ3n) is 18.4. The largest absolute Gasteiger partial charge is 0.481 e. The van der Waals surface area contributed by atoms with Crippen molar-refractivity contribution < 1.29 is 29.0 Å². The molecule has 0 spiro atoms. The first kappa shape index (κ1) is 43.0. The van der Waals surface area contributed by atoms with Crippen molar-refractivity contribution in [2.24, 2.45) is 68.0 Å². The summed E-state index contributed by atoms with van der Waals surface area (Å²) in [4.78, 5) is 56.6. The van der Waals surface area contributed by atoms with E-state index in [1.165, 1.54) is 5.57 Å². The van der Waals surface area contributed by atoms with E-state index in [1.807, 2.05) is 27.7 Å². The maximum absolute atomic E-state index is 14.1. The van der Waals surface area contributed by atoms with Crippen molar-refractivity contribution in [1.82, 2.24) is 15.6 Å². The highest BCUT2D eigenvalue weighted by Gasteiger charge is 2.70.